The highest BCUT2D eigenvalue weighted by Gasteiger charge is 2.23. The fourth-order valence-corrected chi connectivity index (χ4v) is 3.32. The summed E-state index contributed by atoms with van der Waals surface area (Å²) in [5.41, 5.74) is 2.18. The Morgan fingerprint density at radius 1 is 1.18 bits per heavy atom. The maximum absolute atomic E-state index is 9.66. The van der Waals surface area contributed by atoms with Crippen molar-refractivity contribution in [1.82, 2.24) is 25.2 Å². The fraction of sp³-hybridized carbons (Fsp3) is 0.368. The van der Waals surface area contributed by atoms with Gasteiger partial charge in [0.1, 0.15) is 17.1 Å². The molecule has 146 valence electrons. The van der Waals surface area contributed by atoms with Crippen molar-refractivity contribution in [3.63, 3.8) is 0 Å². The van der Waals surface area contributed by atoms with Crippen LogP contribution in [0.4, 0.5) is 5.82 Å². The van der Waals surface area contributed by atoms with Gasteiger partial charge in [-0.15, -0.1) is 0 Å². The van der Waals surface area contributed by atoms with Crippen molar-refractivity contribution in [3.05, 3.63) is 48.2 Å². The van der Waals surface area contributed by atoms with Gasteiger partial charge in [-0.2, -0.15) is 0 Å². The molecule has 1 aliphatic rings. The van der Waals surface area contributed by atoms with Gasteiger partial charge < -0.3 is 24.7 Å². The molecular weight excluding hydrogens is 358 g/mol. The van der Waals surface area contributed by atoms with E-state index in [4.69, 9.17) is 4.42 Å². The first kappa shape index (κ1) is 18.2. The Kier molecular flexibility index (Phi) is 5.07. The number of aromatic nitrogens is 3. The van der Waals surface area contributed by atoms with Crippen molar-refractivity contribution in [2.45, 2.75) is 13.0 Å². The van der Waals surface area contributed by atoms with E-state index in [9.17, 15) is 5.21 Å². The Balaban J connectivity index is 1.51. The average Bonchev–Trinajstić information content (AvgIpc) is 3.18. The number of fused-ring (bicyclic) bond motifs is 1. The highest BCUT2D eigenvalue weighted by atomic mass is 16.4. The van der Waals surface area contributed by atoms with Crippen LogP contribution in [0.3, 0.4) is 0 Å². The van der Waals surface area contributed by atoms with Gasteiger partial charge in [0.05, 0.1) is 12.2 Å². The molecule has 0 radical (unpaired) electrons. The van der Waals surface area contributed by atoms with Crippen LogP contribution >= 0.6 is 0 Å². The Morgan fingerprint density at radius 3 is 2.68 bits per heavy atom. The van der Waals surface area contributed by atoms with E-state index in [2.05, 4.69) is 30.3 Å². The van der Waals surface area contributed by atoms with Crippen molar-refractivity contribution < 1.29 is 9.62 Å². The van der Waals surface area contributed by atoms with Gasteiger partial charge in [0.2, 0.25) is 0 Å². The molecule has 1 aliphatic heterocycles. The van der Waals surface area contributed by atoms with Crippen LogP contribution in [0.25, 0.3) is 11.1 Å². The second-order valence-corrected chi connectivity index (χ2v) is 6.73. The molecule has 1 atom stereocenters. The van der Waals surface area contributed by atoms with E-state index >= 15 is 0 Å². The molecule has 1 unspecified atom stereocenters. The van der Waals surface area contributed by atoms with Gasteiger partial charge in [0.15, 0.2) is 11.4 Å². The molecule has 0 amide bonds. The Bertz CT molecular complexity index is 965. The van der Waals surface area contributed by atoms with Crippen LogP contribution < -0.4 is 10.2 Å². The summed E-state index contributed by atoms with van der Waals surface area (Å²) in [7, 11) is 1.88. The lowest BCUT2D eigenvalue weighted by Crippen LogP contribution is -2.49. The summed E-state index contributed by atoms with van der Waals surface area (Å²) in [5, 5.41) is 16.4. The minimum Gasteiger partial charge on any atom is -0.458 e. The van der Waals surface area contributed by atoms with Crippen LogP contribution in [0.15, 0.2) is 46.5 Å². The molecule has 9 heteroatoms. The van der Waals surface area contributed by atoms with E-state index < -0.39 is 0 Å². The van der Waals surface area contributed by atoms with Gasteiger partial charge in [0.25, 0.3) is 0 Å². The Morgan fingerprint density at radius 2 is 2.00 bits per heavy atom. The van der Waals surface area contributed by atoms with Crippen LogP contribution in [-0.2, 0) is 0 Å². The smallest absolute Gasteiger partial charge is 0.177 e. The number of pyridine rings is 1. The quantitative estimate of drug-likeness (QED) is 0.305. The van der Waals surface area contributed by atoms with Crippen molar-refractivity contribution in [2.75, 3.05) is 38.1 Å². The zero-order valence-electron chi connectivity index (χ0n) is 15.9. The number of piperazine rings is 1. The maximum Gasteiger partial charge on any atom is 0.177 e. The topological polar surface area (TPSA) is 103 Å². The van der Waals surface area contributed by atoms with Crippen molar-refractivity contribution >= 4 is 22.8 Å². The first-order valence-corrected chi connectivity index (χ1v) is 9.24. The number of rotatable bonds is 4. The van der Waals surface area contributed by atoms with Crippen LogP contribution in [0.5, 0.6) is 0 Å². The lowest BCUT2D eigenvalue weighted by molar-refractivity contribution is 0.296. The van der Waals surface area contributed by atoms with Crippen LogP contribution in [0, 0.1) is 0 Å². The second-order valence-electron chi connectivity index (χ2n) is 6.73. The summed E-state index contributed by atoms with van der Waals surface area (Å²) in [6.45, 7) is 4.95. The number of anilines is 1. The molecule has 4 heterocycles. The third-order valence-corrected chi connectivity index (χ3v) is 5.05. The van der Waals surface area contributed by atoms with Gasteiger partial charge in [-0.05, 0) is 20.0 Å². The second kappa shape index (κ2) is 7.81. The molecule has 0 spiro atoms. The zero-order chi connectivity index (χ0) is 19.5. The number of hydrogen-bond donors (Lipinski definition) is 2. The highest BCUT2D eigenvalue weighted by molar-refractivity contribution is 6.00. The van der Waals surface area contributed by atoms with E-state index in [1.54, 1.807) is 24.8 Å². The lowest BCUT2D eigenvalue weighted by Gasteiger charge is -2.36. The molecule has 1 fully saturated rings. The van der Waals surface area contributed by atoms with Crippen LogP contribution in [0.2, 0.25) is 0 Å². The summed E-state index contributed by atoms with van der Waals surface area (Å²) < 4.78 is 5.91. The van der Waals surface area contributed by atoms with Crippen molar-refractivity contribution in [3.8, 4) is 0 Å². The van der Waals surface area contributed by atoms with Gasteiger partial charge in [0, 0.05) is 56.4 Å². The molecule has 0 aliphatic carbocycles. The van der Waals surface area contributed by atoms with E-state index in [1.807, 2.05) is 31.0 Å². The third-order valence-electron chi connectivity index (χ3n) is 5.05. The molecule has 9 nitrogen and oxygen atoms in total. The number of nitrogens with zero attached hydrogens (tertiary/aromatic N) is 6. The lowest BCUT2D eigenvalue weighted by atomic mass is 10.2. The highest BCUT2D eigenvalue weighted by Crippen LogP contribution is 2.24. The van der Waals surface area contributed by atoms with Crippen LogP contribution in [0.1, 0.15) is 24.3 Å². The van der Waals surface area contributed by atoms with Gasteiger partial charge in [-0.25, -0.2) is 4.98 Å². The predicted octanol–water partition coefficient (Wildman–Crippen LogP) is 1.86. The van der Waals surface area contributed by atoms with Gasteiger partial charge in [-0.3, -0.25) is 9.97 Å². The minimum absolute atomic E-state index is 0.0952. The molecule has 0 aromatic carbocycles. The average molecular weight is 381 g/mol. The summed E-state index contributed by atoms with van der Waals surface area (Å²) in [6.07, 6.45) is 6.83. The molecular formula is C19H23N7O2. The first-order valence-electron chi connectivity index (χ1n) is 9.24. The summed E-state index contributed by atoms with van der Waals surface area (Å²) in [4.78, 5) is 17.1. The SMILES string of the molecule is CNC(C)c1cc2ncc(/C(=N\O)N3CCN(c4cnccn4)CC3)cc2o1. The van der Waals surface area contributed by atoms with E-state index in [1.165, 1.54) is 0 Å². The molecule has 3 aromatic heterocycles. The molecule has 2 N–H and O–H groups in total. The molecule has 4 rings (SSSR count). The Hall–Kier alpha value is -3.20. The predicted molar refractivity (Wildman–Crippen MR) is 106 cm³/mol. The summed E-state index contributed by atoms with van der Waals surface area (Å²) >= 11 is 0. The number of oxime groups is 1. The molecule has 1 saturated heterocycles. The monoisotopic (exact) mass is 381 g/mol. The Labute approximate surface area is 162 Å². The van der Waals surface area contributed by atoms with Gasteiger partial charge >= 0.3 is 0 Å². The number of amidine groups is 1. The van der Waals surface area contributed by atoms with Crippen LogP contribution in [-0.4, -0.2) is 64.1 Å². The zero-order valence-corrected chi connectivity index (χ0v) is 15.9. The van der Waals surface area contributed by atoms with Gasteiger partial charge in [-0.1, -0.05) is 5.16 Å². The van der Waals surface area contributed by atoms with E-state index in [0.717, 1.165) is 35.7 Å². The normalized spacial score (nSPS) is 16.6. The number of nitrogens with one attached hydrogen (secondary N) is 1. The maximum atomic E-state index is 9.66. The largest absolute Gasteiger partial charge is 0.458 e. The molecule has 3 aromatic rings. The van der Waals surface area contributed by atoms with Crippen molar-refractivity contribution in [2.24, 2.45) is 5.16 Å². The molecule has 0 saturated carbocycles. The first-order chi connectivity index (χ1) is 13.7. The molecule has 0 bridgehead atoms. The summed E-state index contributed by atoms with van der Waals surface area (Å²) in [5.74, 6) is 2.17. The standard InChI is InChI=1S/C19H23N7O2/c1-13(20-2)16-10-15-17(28-16)9-14(11-23-15)19(24-27)26-7-5-25(6-8-26)18-12-21-3-4-22-18/h3-4,9-13,20,27H,5-8H2,1-2H3/b24-19+. The third kappa shape index (κ3) is 3.48. The number of furan rings is 1. The fourth-order valence-electron chi connectivity index (χ4n) is 3.32. The minimum atomic E-state index is 0.0952. The molecule has 28 heavy (non-hydrogen) atoms. The number of hydrogen-bond acceptors (Lipinski definition) is 8. The summed E-state index contributed by atoms with van der Waals surface area (Å²) in [6, 6.07) is 3.89. The van der Waals surface area contributed by atoms with E-state index in [0.29, 0.717) is 24.5 Å². The van der Waals surface area contributed by atoms with Crippen molar-refractivity contribution in [1.29, 1.82) is 0 Å². The van der Waals surface area contributed by atoms with E-state index in [-0.39, 0.29) is 6.04 Å².